The number of hydrogen-bond acceptors (Lipinski definition) is 16. The normalized spacial score (nSPS) is 36.2. The molecule has 3 fully saturated rings. The fraction of sp³-hybridized carbons (Fsp3) is 0.750. The molecule has 4 rings (SSSR count). The maximum absolute atomic E-state index is 13.6. The minimum atomic E-state index is -2.03. The van der Waals surface area contributed by atoms with Crippen LogP contribution in [0.3, 0.4) is 0 Å². The molecular formula is C44H66O16. The maximum Gasteiger partial charge on any atom is 0.330 e. The first-order valence-corrected chi connectivity index (χ1v) is 20.6. The van der Waals surface area contributed by atoms with Gasteiger partial charge in [0.1, 0.15) is 18.3 Å². The molecule has 16 heteroatoms. The van der Waals surface area contributed by atoms with Gasteiger partial charge in [-0.1, -0.05) is 51.0 Å². The molecule has 338 valence electrons. The van der Waals surface area contributed by atoms with Crippen molar-refractivity contribution in [3.8, 4) is 0 Å². The lowest BCUT2D eigenvalue weighted by Crippen LogP contribution is -2.62. The fourth-order valence-corrected chi connectivity index (χ4v) is 8.17. The first-order valence-electron chi connectivity index (χ1n) is 20.6. The van der Waals surface area contributed by atoms with Gasteiger partial charge in [-0.3, -0.25) is 14.4 Å². The van der Waals surface area contributed by atoms with Crippen molar-refractivity contribution in [3.63, 3.8) is 0 Å². The zero-order valence-electron chi connectivity index (χ0n) is 36.9. The molecule has 0 spiro atoms. The average molecular weight is 851 g/mol. The van der Waals surface area contributed by atoms with E-state index in [1.54, 1.807) is 67.5 Å². The van der Waals surface area contributed by atoms with Gasteiger partial charge < -0.3 is 53.2 Å². The van der Waals surface area contributed by atoms with Crippen LogP contribution in [0.1, 0.15) is 120 Å². The largest absolute Gasteiger partial charge is 0.466 e. The highest BCUT2D eigenvalue weighted by molar-refractivity contribution is 5.83. The molecule has 4 aliphatic heterocycles. The number of esters is 5. The number of hydrogen-bond donors (Lipinski definition) is 3. The van der Waals surface area contributed by atoms with Gasteiger partial charge in [0.05, 0.1) is 62.0 Å². The summed E-state index contributed by atoms with van der Waals surface area (Å²) in [5.74, 6) is -7.18. The van der Waals surface area contributed by atoms with E-state index in [1.807, 2.05) is 0 Å². The smallest absolute Gasteiger partial charge is 0.330 e. The van der Waals surface area contributed by atoms with Gasteiger partial charge in [0.25, 0.3) is 0 Å². The van der Waals surface area contributed by atoms with Crippen LogP contribution in [0.2, 0.25) is 0 Å². The van der Waals surface area contributed by atoms with E-state index in [-0.39, 0.29) is 51.4 Å². The van der Waals surface area contributed by atoms with Gasteiger partial charge in [0, 0.05) is 56.6 Å². The molecule has 0 aliphatic carbocycles. The molecule has 10 atom stereocenters. The van der Waals surface area contributed by atoms with Crippen LogP contribution in [0.15, 0.2) is 35.5 Å². The third-order valence-electron chi connectivity index (χ3n) is 12.0. The zero-order chi connectivity index (χ0) is 45.0. The van der Waals surface area contributed by atoms with Gasteiger partial charge in [0.15, 0.2) is 11.6 Å². The highest BCUT2D eigenvalue weighted by Crippen LogP contribution is 2.50. The summed E-state index contributed by atoms with van der Waals surface area (Å²) < 4.78 is 46.7. The molecule has 4 aliphatic rings. The molecule has 60 heavy (non-hydrogen) atoms. The number of ether oxygens (including phenoxy) is 8. The van der Waals surface area contributed by atoms with E-state index in [2.05, 4.69) is 0 Å². The van der Waals surface area contributed by atoms with Crippen LogP contribution in [-0.4, -0.2) is 120 Å². The predicted molar refractivity (Wildman–Crippen MR) is 213 cm³/mol. The molecular weight excluding hydrogens is 784 g/mol. The number of cyclic esters (lactones) is 1. The Morgan fingerprint density at radius 1 is 0.850 bits per heavy atom. The fourth-order valence-electron chi connectivity index (χ4n) is 8.17. The number of aliphatic hydroxyl groups is 3. The zero-order valence-corrected chi connectivity index (χ0v) is 36.9. The SMILES string of the molecule is COC(=O)/C=C1/C[C@H]2C[C@H]([C@@H](C)OC(C)=O)OC(=O)C[C@H](O)C[C@@H]3C[C@H](OC(=O)C(C)(C)C)C(C)(C)[C@](O)(C[C@@H]4C/C(=C\C(=O)OC)C[C@H](/C=C\C(C)(C)[C@@](O)(C1)O2)O4)O3. The van der Waals surface area contributed by atoms with E-state index >= 15 is 0 Å². The highest BCUT2D eigenvalue weighted by atomic mass is 16.7. The van der Waals surface area contributed by atoms with Crippen molar-refractivity contribution in [2.45, 2.75) is 181 Å². The molecule has 0 saturated carbocycles. The van der Waals surface area contributed by atoms with Crippen molar-refractivity contribution in [3.05, 3.63) is 35.5 Å². The van der Waals surface area contributed by atoms with Crippen LogP contribution >= 0.6 is 0 Å². The van der Waals surface area contributed by atoms with Gasteiger partial charge in [-0.05, 0) is 47.0 Å². The Kier molecular flexibility index (Phi) is 15.6. The number of fused-ring (bicyclic) bond motifs is 6. The minimum absolute atomic E-state index is 0.0815. The van der Waals surface area contributed by atoms with Crippen LogP contribution < -0.4 is 0 Å². The van der Waals surface area contributed by atoms with Crippen molar-refractivity contribution in [2.75, 3.05) is 14.2 Å². The summed E-state index contributed by atoms with van der Waals surface area (Å²) in [6, 6.07) is 0. The standard InChI is InChI=1S/C44H66O16/c1-25(55-26(2)45)34-21-31-16-28(18-37(48)54-11)23-43(51,59-31)41(6,7)13-12-30-14-27(17-36(47)53-10)15-33(56-30)24-44(52)42(8,9)35(58-39(50)40(3,4)5)22-32(60-44)19-29(46)20-38(49)57-34/h12-13,17-18,25,29-35,46,51-52H,14-16,19-24H2,1-11H3/b13-12-,27-17-,28-18-/t25-,29-,30+,31+,32-,33+,34-,35+,43-,44+/m1/s1. The van der Waals surface area contributed by atoms with E-state index < -0.39 is 113 Å². The molecule has 3 saturated heterocycles. The number of methoxy groups -OCH3 is 2. The summed E-state index contributed by atoms with van der Waals surface area (Å²) in [7, 11) is 2.50. The van der Waals surface area contributed by atoms with Gasteiger partial charge in [-0.25, -0.2) is 9.59 Å². The van der Waals surface area contributed by atoms with E-state index in [0.717, 1.165) is 0 Å². The molecule has 6 bridgehead atoms. The van der Waals surface area contributed by atoms with Gasteiger partial charge in [-0.15, -0.1) is 0 Å². The highest BCUT2D eigenvalue weighted by Gasteiger charge is 2.58. The lowest BCUT2D eigenvalue weighted by Gasteiger charge is -2.54. The van der Waals surface area contributed by atoms with E-state index in [0.29, 0.717) is 11.1 Å². The van der Waals surface area contributed by atoms with Crippen LogP contribution in [0.4, 0.5) is 0 Å². The van der Waals surface area contributed by atoms with Crippen LogP contribution in [-0.2, 0) is 61.9 Å². The topological polar surface area (TPSA) is 220 Å². The first-order chi connectivity index (χ1) is 27.7. The van der Waals surface area contributed by atoms with Crippen LogP contribution in [0, 0.1) is 16.2 Å². The lowest BCUT2D eigenvalue weighted by atomic mass is 9.70. The van der Waals surface area contributed by atoms with Crippen molar-refractivity contribution in [2.24, 2.45) is 16.2 Å². The molecule has 16 nitrogen and oxygen atoms in total. The molecule has 0 radical (unpaired) electrons. The molecule has 4 heterocycles. The van der Waals surface area contributed by atoms with E-state index in [9.17, 15) is 39.3 Å². The Morgan fingerprint density at radius 2 is 1.45 bits per heavy atom. The number of rotatable bonds is 5. The summed E-state index contributed by atoms with van der Waals surface area (Å²) in [5, 5.41) is 36.3. The average Bonchev–Trinajstić information content (AvgIpc) is 3.11. The monoisotopic (exact) mass is 850 g/mol. The number of carbonyl (C=O) groups excluding carboxylic acids is 5. The molecule has 0 aromatic heterocycles. The second kappa shape index (κ2) is 19.2. The second-order valence-electron chi connectivity index (χ2n) is 18.8. The Bertz CT molecular complexity index is 1690. The van der Waals surface area contributed by atoms with Gasteiger partial charge >= 0.3 is 29.8 Å². The Morgan fingerprint density at radius 3 is 2.05 bits per heavy atom. The number of carbonyl (C=O) groups is 5. The van der Waals surface area contributed by atoms with Gasteiger partial charge in [-0.2, -0.15) is 0 Å². The molecule has 0 unspecified atom stereocenters. The summed E-state index contributed by atoms with van der Waals surface area (Å²) in [4.78, 5) is 63.9. The van der Waals surface area contributed by atoms with Crippen LogP contribution in [0.25, 0.3) is 0 Å². The Balaban J connectivity index is 1.84. The summed E-state index contributed by atoms with van der Waals surface area (Å²) in [6.07, 6.45) is -1.81. The predicted octanol–water partition coefficient (Wildman–Crippen LogP) is 4.44. The van der Waals surface area contributed by atoms with Crippen molar-refractivity contribution in [1.29, 1.82) is 0 Å². The van der Waals surface area contributed by atoms with Crippen molar-refractivity contribution < 1.29 is 77.2 Å². The van der Waals surface area contributed by atoms with Crippen LogP contribution in [0.5, 0.6) is 0 Å². The summed E-state index contributed by atoms with van der Waals surface area (Å²) >= 11 is 0. The second-order valence-corrected chi connectivity index (χ2v) is 18.8. The van der Waals surface area contributed by atoms with Crippen molar-refractivity contribution >= 4 is 29.8 Å². The van der Waals surface area contributed by atoms with Gasteiger partial charge in [0.2, 0.25) is 0 Å². The molecule has 0 aromatic rings. The van der Waals surface area contributed by atoms with E-state index in [1.165, 1.54) is 33.3 Å². The summed E-state index contributed by atoms with van der Waals surface area (Å²) in [6.45, 7) is 14.8. The van der Waals surface area contributed by atoms with E-state index in [4.69, 9.17) is 37.9 Å². The maximum atomic E-state index is 13.6. The molecule has 0 amide bonds. The first kappa shape index (κ1) is 49.0. The Hall–Kier alpha value is -3.67. The molecule has 0 aromatic carbocycles. The third-order valence-corrected chi connectivity index (χ3v) is 12.0. The quantitative estimate of drug-likeness (QED) is 0.151. The van der Waals surface area contributed by atoms with Crippen molar-refractivity contribution in [1.82, 2.24) is 0 Å². The molecule has 3 N–H and O–H groups in total. The number of aliphatic hydroxyl groups excluding tert-OH is 1. The lowest BCUT2D eigenvalue weighted by molar-refractivity contribution is -0.349. The third kappa shape index (κ3) is 12.2. The summed E-state index contributed by atoms with van der Waals surface area (Å²) in [5.41, 5.74) is -2.14. The Labute approximate surface area is 352 Å². The minimum Gasteiger partial charge on any atom is -0.466 e.